The van der Waals surface area contributed by atoms with E-state index in [0.717, 1.165) is 39.0 Å². The predicted molar refractivity (Wildman–Crippen MR) is 119 cm³/mol. The van der Waals surface area contributed by atoms with Crippen LogP contribution in [0, 0.1) is 5.92 Å². The molecule has 1 N–H and O–H groups in total. The van der Waals surface area contributed by atoms with Crippen LogP contribution >= 0.6 is 0 Å². The number of benzene rings is 1. The molecule has 0 radical (unpaired) electrons. The number of amides is 1. The third-order valence-corrected chi connectivity index (χ3v) is 5.43. The number of aryl methyl sites for hydroxylation is 1. The molecule has 0 spiro atoms. The second-order valence-electron chi connectivity index (χ2n) is 9.13. The van der Waals surface area contributed by atoms with Gasteiger partial charge in [0.25, 0.3) is 0 Å². The normalized spacial score (nSPS) is 17.7. The van der Waals surface area contributed by atoms with Crippen LogP contribution in [0.3, 0.4) is 0 Å². The summed E-state index contributed by atoms with van der Waals surface area (Å²) in [5.74, 6) is 0.206. The highest BCUT2D eigenvalue weighted by molar-refractivity contribution is 5.67. The van der Waals surface area contributed by atoms with Crippen LogP contribution in [0.2, 0.25) is 0 Å². The van der Waals surface area contributed by atoms with Crippen LogP contribution in [-0.2, 0) is 15.9 Å². The number of anilines is 1. The van der Waals surface area contributed by atoms with E-state index in [1.165, 1.54) is 11.3 Å². The van der Waals surface area contributed by atoms with E-state index in [0.29, 0.717) is 6.54 Å². The summed E-state index contributed by atoms with van der Waals surface area (Å²) in [4.78, 5) is 16.7. The molecular formula is C23H39N3O3. The van der Waals surface area contributed by atoms with E-state index >= 15 is 0 Å². The van der Waals surface area contributed by atoms with Gasteiger partial charge in [0.05, 0.1) is 6.10 Å². The van der Waals surface area contributed by atoms with Gasteiger partial charge < -0.3 is 24.6 Å². The molecular weight excluding hydrogens is 366 g/mol. The molecule has 1 aliphatic rings. The average Bonchev–Trinajstić information content (AvgIpc) is 2.66. The van der Waals surface area contributed by atoms with Gasteiger partial charge in [-0.15, -0.1) is 0 Å². The molecule has 6 nitrogen and oxygen atoms in total. The Morgan fingerprint density at radius 2 is 1.76 bits per heavy atom. The van der Waals surface area contributed by atoms with Gasteiger partial charge in [-0.05, 0) is 64.3 Å². The van der Waals surface area contributed by atoms with Crippen LogP contribution in [0.1, 0.15) is 39.7 Å². The summed E-state index contributed by atoms with van der Waals surface area (Å²) in [5, 5.41) is 2.85. The fraction of sp³-hybridized carbons (Fsp3) is 0.696. The molecule has 1 unspecified atom stereocenters. The molecule has 0 bridgehead atoms. The Kier molecular flexibility index (Phi) is 8.78. The molecule has 2 rings (SSSR count). The van der Waals surface area contributed by atoms with Crippen molar-refractivity contribution in [3.05, 3.63) is 29.8 Å². The molecule has 0 aromatic heterocycles. The number of carbonyl (C=O) groups excluding carboxylic acids is 1. The fourth-order valence-electron chi connectivity index (χ4n) is 3.57. The van der Waals surface area contributed by atoms with E-state index in [-0.39, 0.29) is 18.1 Å². The van der Waals surface area contributed by atoms with Gasteiger partial charge in [0.15, 0.2) is 0 Å². The standard InChI is InChI=1S/C23H39N3O3/c1-18(17-24-22(27)29-23(2,3)4)21(28-6)12-9-19-7-10-20(11-8-19)26-15-13-25(5)14-16-26/h7-8,10-11,18,21H,9,12-17H2,1-6H3,(H,24,27)/t18-,21?/m1/s1. The van der Waals surface area contributed by atoms with Gasteiger partial charge in [-0.25, -0.2) is 4.79 Å². The monoisotopic (exact) mass is 405 g/mol. The largest absolute Gasteiger partial charge is 0.444 e. The Hall–Kier alpha value is -1.79. The molecule has 1 aromatic carbocycles. The Morgan fingerprint density at radius 1 is 1.14 bits per heavy atom. The van der Waals surface area contributed by atoms with Gasteiger partial charge in [0, 0.05) is 45.5 Å². The molecule has 1 aliphatic heterocycles. The lowest BCUT2D eigenvalue weighted by Crippen LogP contribution is -2.44. The number of nitrogens with zero attached hydrogens (tertiary/aromatic N) is 2. The number of ether oxygens (including phenoxy) is 2. The van der Waals surface area contributed by atoms with Crippen LogP contribution in [0.4, 0.5) is 10.5 Å². The van der Waals surface area contributed by atoms with Gasteiger partial charge in [-0.2, -0.15) is 0 Å². The van der Waals surface area contributed by atoms with Crippen molar-refractivity contribution in [2.45, 2.75) is 52.2 Å². The Bertz CT molecular complexity index is 619. The van der Waals surface area contributed by atoms with Gasteiger partial charge >= 0.3 is 6.09 Å². The number of hydrogen-bond donors (Lipinski definition) is 1. The number of nitrogens with one attached hydrogen (secondary N) is 1. The zero-order valence-corrected chi connectivity index (χ0v) is 19.0. The minimum atomic E-state index is -0.482. The number of carbonyl (C=O) groups is 1. The third kappa shape index (κ3) is 8.23. The van der Waals surface area contributed by atoms with Gasteiger partial charge in [-0.1, -0.05) is 19.1 Å². The van der Waals surface area contributed by atoms with E-state index in [4.69, 9.17) is 9.47 Å². The molecule has 1 heterocycles. The van der Waals surface area contributed by atoms with Gasteiger partial charge in [0.2, 0.25) is 0 Å². The first-order chi connectivity index (χ1) is 13.7. The first-order valence-electron chi connectivity index (χ1n) is 10.7. The van der Waals surface area contributed by atoms with Crippen molar-refractivity contribution in [1.82, 2.24) is 10.2 Å². The first kappa shape index (κ1) is 23.5. The van der Waals surface area contributed by atoms with Crippen molar-refractivity contribution in [3.8, 4) is 0 Å². The molecule has 2 atom stereocenters. The second-order valence-corrected chi connectivity index (χ2v) is 9.13. The van der Waals surface area contributed by atoms with Gasteiger partial charge in [-0.3, -0.25) is 0 Å². The van der Waals surface area contributed by atoms with Crippen LogP contribution in [0.15, 0.2) is 24.3 Å². The fourth-order valence-corrected chi connectivity index (χ4v) is 3.57. The number of methoxy groups -OCH3 is 1. The van der Waals surface area contributed by atoms with Gasteiger partial charge in [0.1, 0.15) is 5.60 Å². The van der Waals surface area contributed by atoms with Crippen molar-refractivity contribution in [2.75, 3.05) is 51.8 Å². The Balaban J connectivity index is 1.78. The highest BCUT2D eigenvalue weighted by Crippen LogP contribution is 2.20. The predicted octanol–water partition coefficient (Wildman–Crippen LogP) is 3.55. The van der Waals surface area contributed by atoms with E-state index in [2.05, 4.69) is 53.4 Å². The first-order valence-corrected chi connectivity index (χ1v) is 10.7. The Labute approximate surface area is 176 Å². The molecule has 29 heavy (non-hydrogen) atoms. The van der Waals surface area contributed by atoms with Crippen LogP contribution in [0.25, 0.3) is 0 Å². The highest BCUT2D eigenvalue weighted by Gasteiger charge is 2.20. The quantitative estimate of drug-likeness (QED) is 0.717. The molecule has 1 fully saturated rings. The minimum absolute atomic E-state index is 0.0854. The minimum Gasteiger partial charge on any atom is -0.444 e. The number of hydrogen-bond acceptors (Lipinski definition) is 5. The maximum atomic E-state index is 11.9. The molecule has 0 aliphatic carbocycles. The van der Waals surface area contributed by atoms with E-state index < -0.39 is 5.60 Å². The topological polar surface area (TPSA) is 54.0 Å². The van der Waals surface area contributed by atoms with Crippen LogP contribution < -0.4 is 10.2 Å². The second kappa shape index (κ2) is 10.8. The van der Waals surface area contributed by atoms with Crippen molar-refractivity contribution in [2.24, 2.45) is 5.92 Å². The van der Waals surface area contributed by atoms with Crippen molar-refractivity contribution in [3.63, 3.8) is 0 Å². The summed E-state index contributed by atoms with van der Waals surface area (Å²) >= 11 is 0. The molecule has 1 aromatic rings. The zero-order valence-electron chi connectivity index (χ0n) is 19.0. The summed E-state index contributed by atoms with van der Waals surface area (Å²) in [5.41, 5.74) is 2.14. The van der Waals surface area contributed by atoms with Crippen LogP contribution in [-0.4, -0.2) is 69.6 Å². The van der Waals surface area contributed by atoms with E-state index in [1.807, 2.05) is 20.8 Å². The molecule has 6 heteroatoms. The number of rotatable bonds is 8. The van der Waals surface area contributed by atoms with E-state index in [9.17, 15) is 4.79 Å². The van der Waals surface area contributed by atoms with Crippen molar-refractivity contribution >= 4 is 11.8 Å². The highest BCUT2D eigenvalue weighted by atomic mass is 16.6. The van der Waals surface area contributed by atoms with Crippen LogP contribution in [0.5, 0.6) is 0 Å². The SMILES string of the molecule is COC(CCc1ccc(N2CCN(C)CC2)cc1)[C@H](C)CNC(=O)OC(C)(C)C. The molecule has 164 valence electrons. The maximum Gasteiger partial charge on any atom is 0.407 e. The summed E-state index contributed by atoms with van der Waals surface area (Å²) in [6.45, 7) is 12.6. The summed E-state index contributed by atoms with van der Waals surface area (Å²) in [6, 6.07) is 8.92. The lowest BCUT2D eigenvalue weighted by molar-refractivity contribution is 0.0391. The Morgan fingerprint density at radius 3 is 2.31 bits per heavy atom. The van der Waals surface area contributed by atoms with Crippen molar-refractivity contribution in [1.29, 1.82) is 0 Å². The molecule has 0 saturated carbocycles. The summed E-state index contributed by atoms with van der Waals surface area (Å²) in [6.07, 6.45) is 1.58. The number of alkyl carbamates (subject to hydrolysis) is 1. The average molecular weight is 406 g/mol. The molecule has 1 amide bonds. The lowest BCUT2D eigenvalue weighted by Gasteiger charge is -2.34. The zero-order chi connectivity index (χ0) is 21.4. The summed E-state index contributed by atoms with van der Waals surface area (Å²) in [7, 11) is 3.92. The van der Waals surface area contributed by atoms with Crippen molar-refractivity contribution < 1.29 is 14.3 Å². The maximum absolute atomic E-state index is 11.9. The third-order valence-electron chi connectivity index (χ3n) is 5.43. The smallest absolute Gasteiger partial charge is 0.407 e. The lowest BCUT2D eigenvalue weighted by atomic mass is 9.97. The molecule has 1 saturated heterocycles. The summed E-state index contributed by atoms with van der Waals surface area (Å²) < 4.78 is 11.0. The number of likely N-dealkylation sites (N-methyl/N-ethyl adjacent to an activating group) is 1. The number of piperazine rings is 1. The van der Waals surface area contributed by atoms with E-state index in [1.54, 1.807) is 7.11 Å².